The largest absolute Gasteiger partial charge is 0.270 e. The highest BCUT2D eigenvalue weighted by Gasteiger charge is 2.19. The number of rotatable bonds is 2. The molecular formula is C9H6Br2N2O2S. The summed E-state index contributed by atoms with van der Waals surface area (Å²) in [6.45, 7) is 0. The Kier molecular flexibility index (Phi) is 3.18. The first kappa shape index (κ1) is 11.8. The Morgan fingerprint density at radius 2 is 2.00 bits per heavy atom. The van der Waals surface area contributed by atoms with E-state index < -0.39 is 10.0 Å². The molecule has 0 radical (unpaired) electrons. The maximum absolute atomic E-state index is 12.1. The summed E-state index contributed by atoms with van der Waals surface area (Å²) in [6, 6.07) is 4.98. The van der Waals surface area contributed by atoms with Crippen molar-refractivity contribution in [2.45, 2.75) is 4.90 Å². The molecule has 0 atom stereocenters. The molecule has 0 aliphatic rings. The molecule has 0 amide bonds. The van der Waals surface area contributed by atoms with Crippen molar-refractivity contribution < 1.29 is 8.42 Å². The highest BCUT2D eigenvalue weighted by Crippen LogP contribution is 2.27. The Balaban J connectivity index is 2.65. The molecule has 0 unspecified atom stereocenters. The van der Waals surface area contributed by atoms with Crippen molar-refractivity contribution in [3.8, 4) is 0 Å². The number of benzene rings is 1. The fraction of sp³-hybridized carbons (Fsp3) is 0. The van der Waals surface area contributed by atoms with Gasteiger partial charge in [0.1, 0.15) is 11.2 Å². The smallest absolute Gasteiger partial charge is 0.244 e. The van der Waals surface area contributed by atoms with Crippen molar-refractivity contribution in [3.05, 3.63) is 45.9 Å². The predicted molar refractivity (Wildman–Crippen MR) is 66.7 cm³/mol. The topological polar surface area (TPSA) is 52.0 Å². The normalized spacial score (nSPS) is 11.6. The molecule has 0 spiro atoms. The molecular weight excluding hydrogens is 360 g/mol. The zero-order chi connectivity index (χ0) is 11.8. The third-order valence-electron chi connectivity index (χ3n) is 1.93. The van der Waals surface area contributed by atoms with E-state index in [0.717, 1.165) is 3.97 Å². The second kappa shape index (κ2) is 4.31. The third kappa shape index (κ3) is 2.07. The van der Waals surface area contributed by atoms with Crippen molar-refractivity contribution in [1.82, 2.24) is 8.96 Å². The van der Waals surface area contributed by atoms with Gasteiger partial charge in [-0.05, 0) is 34.1 Å². The van der Waals surface area contributed by atoms with Crippen LogP contribution in [-0.2, 0) is 10.0 Å². The Bertz CT molecular complexity index is 608. The summed E-state index contributed by atoms with van der Waals surface area (Å²) in [5.41, 5.74) is 0. The summed E-state index contributed by atoms with van der Waals surface area (Å²) in [5, 5.41) is 0. The first-order valence-electron chi connectivity index (χ1n) is 4.20. The predicted octanol–water partition coefficient (Wildman–Crippen LogP) is 2.65. The molecule has 1 aromatic carbocycles. The molecule has 2 rings (SSSR count). The van der Waals surface area contributed by atoms with E-state index in [9.17, 15) is 8.42 Å². The fourth-order valence-electron chi connectivity index (χ4n) is 1.18. The van der Waals surface area contributed by atoms with Gasteiger partial charge in [0.05, 0.1) is 0 Å². The molecule has 0 bridgehead atoms. The lowest BCUT2D eigenvalue weighted by Crippen LogP contribution is -2.11. The van der Waals surface area contributed by atoms with Gasteiger partial charge < -0.3 is 0 Å². The van der Waals surface area contributed by atoms with Crippen LogP contribution in [0.15, 0.2) is 50.8 Å². The molecule has 0 aliphatic heterocycles. The molecule has 0 aliphatic carbocycles. The molecule has 0 saturated carbocycles. The maximum Gasteiger partial charge on any atom is 0.270 e. The molecule has 4 nitrogen and oxygen atoms in total. The number of halogens is 2. The van der Waals surface area contributed by atoms with Gasteiger partial charge in [-0.25, -0.2) is 17.4 Å². The molecule has 0 N–H and O–H groups in total. The van der Waals surface area contributed by atoms with Crippen LogP contribution in [0, 0.1) is 0 Å². The summed E-state index contributed by atoms with van der Waals surface area (Å²) in [6.07, 6.45) is 4.06. The monoisotopic (exact) mass is 364 g/mol. The van der Waals surface area contributed by atoms with E-state index in [1.807, 2.05) is 0 Å². The summed E-state index contributed by atoms with van der Waals surface area (Å²) < 4.78 is 26.6. The zero-order valence-electron chi connectivity index (χ0n) is 7.84. The number of nitrogens with zero attached hydrogens (tertiary/aromatic N) is 2. The standard InChI is InChI=1S/C9H6Br2N2O2S/c10-7-1-2-8(11)9(5-7)16(14,15)13-4-3-12-6-13/h1-6H. The van der Waals surface area contributed by atoms with Crippen molar-refractivity contribution in [2.24, 2.45) is 0 Å². The zero-order valence-corrected chi connectivity index (χ0v) is 11.8. The van der Waals surface area contributed by atoms with E-state index >= 15 is 0 Å². The quantitative estimate of drug-likeness (QED) is 0.822. The van der Waals surface area contributed by atoms with Crippen molar-refractivity contribution in [1.29, 1.82) is 0 Å². The van der Waals surface area contributed by atoms with Crippen LogP contribution in [-0.4, -0.2) is 17.4 Å². The minimum absolute atomic E-state index is 0.194. The van der Waals surface area contributed by atoms with Gasteiger partial charge in [0.25, 0.3) is 10.0 Å². The average molecular weight is 366 g/mol. The Morgan fingerprint density at radius 3 is 2.62 bits per heavy atom. The van der Waals surface area contributed by atoms with Crippen LogP contribution >= 0.6 is 31.9 Å². The van der Waals surface area contributed by atoms with Crippen molar-refractivity contribution in [2.75, 3.05) is 0 Å². The minimum atomic E-state index is -3.57. The number of hydrogen-bond donors (Lipinski definition) is 0. The Morgan fingerprint density at radius 1 is 1.25 bits per heavy atom. The Labute approximate surface area is 110 Å². The Hall–Kier alpha value is -0.660. The van der Waals surface area contributed by atoms with Crippen molar-refractivity contribution >= 4 is 41.9 Å². The molecule has 84 valence electrons. The third-order valence-corrected chi connectivity index (χ3v) is 5.04. The van der Waals surface area contributed by atoms with Gasteiger partial charge >= 0.3 is 0 Å². The van der Waals surface area contributed by atoms with Crippen LogP contribution in [0.4, 0.5) is 0 Å². The SMILES string of the molecule is O=S(=O)(c1cc(Br)ccc1Br)n1ccnc1. The van der Waals surface area contributed by atoms with Gasteiger partial charge in [0.15, 0.2) is 0 Å². The van der Waals surface area contributed by atoms with Crippen LogP contribution in [0.1, 0.15) is 0 Å². The average Bonchev–Trinajstić information content (AvgIpc) is 2.75. The van der Waals surface area contributed by atoms with Crippen LogP contribution in [0.25, 0.3) is 0 Å². The van der Waals surface area contributed by atoms with Gasteiger partial charge in [-0.2, -0.15) is 0 Å². The minimum Gasteiger partial charge on any atom is -0.244 e. The van der Waals surface area contributed by atoms with E-state index in [0.29, 0.717) is 8.95 Å². The van der Waals surface area contributed by atoms with Gasteiger partial charge in [-0.15, -0.1) is 0 Å². The number of imidazole rings is 1. The van der Waals surface area contributed by atoms with E-state index in [2.05, 4.69) is 36.8 Å². The molecule has 1 aromatic heterocycles. The highest BCUT2D eigenvalue weighted by molar-refractivity contribution is 9.11. The van der Waals surface area contributed by atoms with Crippen LogP contribution in [0.5, 0.6) is 0 Å². The van der Waals surface area contributed by atoms with Gasteiger partial charge in [-0.1, -0.05) is 15.9 Å². The van der Waals surface area contributed by atoms with E-state index in [4.69, 9.17) is 0 Å². The van der Waals surface area contributed by atoms with Crippen LogP contribution < -0.4 is 0 Å². The lowest BCUT2D eigenvalue weighted by Gasteiger charge is -2.07. The highest BCUT2D eigenvalue weighted by atomic mass is 79.9. The van der Waals surface area contributed by atoms with E-state index in [1.165, 1.54) is 18.7 Å². The summed E-state index contributed by atoms with van der Waals surface area (Å²) in [4.78, 5) is 3.92. The van der Waals surface area contributed by atoms with Gasteiger partial charge in [0.2, 0.25) is 0 Å². The molecule has 7 heteroatoms. The summed E-state index contributed by atoms with van der Waals surface area (Å²) >= 11 is 6.46. The second-order valence-electron chi connectivity index (χ2n) is 2.97. The molecule has 0 saturated heterocycles. The fourth-order valence-corrected chi connectivity index (χ4v) is 3.76. The second-order valence-corrected chi connectivity index (χ2v) is 6.55. The maximum atomic E-state index is 12.1. The molecule has 0 fully saturated rings. The van der Waals surface area contributed by atoms with Gasteiger partial charge in [0, 0.05) is 21.3 Å². The molecule has 16 heavy (non-hydrogen) atoms. The lowest BCUT2D eigenvalue weighted by molar-refractivity contribution is 0.586. The van der Waals surface area contributed by atoms with Gasteiger partial charge in [-0.3, -0.25) is 0 Å². The summed E-state index contributed by atoms with van der Waals surface area (Å²) in [7, 11) is -3.57. The first-order chi connectivity index (χ1) is 7.51. The van der Waals surface area contributed by atoms with Crippen LogP contribution in [0.2, 0.25) is 0 Å². The van der Waals surface area contributed by atoms with E-state index in [-0.39, 0.29) is 4.90 Å². The molecule has 2 aromatic rings. The summed E-state index contributed by atoms with van der Waals surface area (Å²) in [5.74, 6) is 0. The first-order valence-corrected chi connectivity index (χ1v) is 7.23. The number of hydrogen-bond acceptors (Lipinski definition) is 3. The van der Waals surface area contributed by atoms with E-state index in [1.54, 1.807) is 18.2 Å². The van der Waals surface area contributed by atoms with Crippen LogP contribution in [0.3, 0.4) is 0 Å². The number of aromatic nitrogens is 2. The molecule has 1 heterocycles. The lowest BCUT2D eigenvalue weighted by atomic mass is 10.4. The van der Waals surface area contributed by atoms with Crippen molar-refractivity contribution in [3.63, 3.8) is 0 Å².